The van der Waals surface area contributed by atoms with Gasteiger partial charge >= 0.3 is 0 Å². The van der Waals surface area contributed by atoms with Gasteiger partial charge in [-0.3, -0.25) is 4.79 Å². The van der Waals surface area contributed by atoms with Gasteiger partial charge in [0.15, 0.2) is 0 Å². The van der Waals surface area contributed by atoms with Gasteiger partial charge in [0.25, 0.3) is 5.91 Å². The summed E-state index contributed by atoms with van der Waals surface area (Å²) in [5.41, 5.74) is 1.27. The Bertz CT molecular complexity index is 543. The quantitative estimate of drug-likeness (QED) is 0.843. The van der Waals surface area contributed by atoms with Crippen molar-refractivity contribution in [3.63, 3.8) is 0 Å². The number of halogens is 1. The molecule has 4 heteroatoms. The molecule has 0 radical (unpaired) electrons. The Kier molecular flexibility index (Phi) is 3.67. The second kappa shape index (κ2) is 5.40. The number of rotatable bonds is 3. The molecule has 1 N–H and O–H groups in total. The maximum absolute atomic E-state index is 12.9. The lowest BCUT2D eigenvalue weighted by molar-refractivity contribution is 0.0939. The van der Waals surface area contributed by atoms with Gasteiger partial charge in [-0.15, -0.1) is 0 Å². The molecule has 92 valence electrons. The zero-order valence-corrected chi connectivity index (χ0v) is 9.93. The first-order chi connectivity index (χ1) is 8.66. The zero-order valence-electron chi connectivity index (χ0n) is 9.93. The van der Waals surface area contributed by atoms with Gasteiger partial charge in [0, 0.05) is 17.8 Å². The lowest BCUT2D eigenvalue weighted by Gasteiger charge is -2.14. The van der Waals surface area contributed by atoms with Crippen molar-refractivity contribution in [3.8, 4) is 0 Å². The number of amides is 1. The Hall–Kier alpha value is -2.23. The van der Waals surface area contributed by atoms with E-state index < -0.39 is 5.95 Å². The highest BCUT2D eigenvalue weighted by atomic mass is 19.1. The number of benzene rings is 1. The van der Waals surface area contributed by atoms with E-state index in [1.165, 1.54) is 12.3 Å². The van der Waals surface area contributed by atoms with Crippen LogP contribution in [0.5, 0.6) is 0 Å². The normalized spacial score (nSPS) is 11.9. The van der Waals surface area contributed by atoms with E-state index in [2.05, 4.69) is 10.3 Å². The van der Waals surface area contributed by atoms with Gasteiger partial charge in [-0.1, -0.05) is 30.3 Å². The number of hydrogen-bond donors (Lipinski definition) is 1. The molecule has 0 aliphatic rings. The summed E-state index contributed by atoms with van der Waals surface area (Å²) in [5.74, 6) is -0.970. The molecule has 0 fully saturated rings. The molecule has 0 unspecified atom stereocenters. The fraction of sp³-hybridized carbons (Fsp3) is 0.143. The summed E-state index contributed by atoms with van der Waals surface area (Å²) in [6.07, 6.45) is 1.28. The van der Waals surface area contributed by atoms with Crippen molar-refractivity contribution in [2.75, 3.05) is 0 Å². The fourth-order valence-corrected chi connectivity index (χ4v) is 1.65. The highest BCUT2D eigenvalue weighted by molar-refractivity contribution is 5.94. The van der Waals surface area contributed by atoms with Crippen molar-refractivity contribution < 1.29 is 9.18 Å². The molecule has 1 aromatic carbocycles. The molecule has 2 rings (SSSR count). The summed E-state index contributed by atoms with van der Waals surface area (Å²) in [6.45, 7) is 1.88. The van der Waals surface area contributed by atoms with E-state index in [0.717, 1.165) is 11.6 Å². The molecule has 1 aromatic heterocycles. The van der Waals surface area contributed by atoms with Crippen LogP contribution < -0.4 is 5.32 Å². The van der Waals surface area contributed by atoms with Crippen LogP contribution in [0, 0.1) is 5.95 Å². The Labute approximate surface area is 105 Å². The SMILES string of the molecule is C[C@H](NC(=O)c1ccnc(F)c1)c1ccccc1. The van der Waals surface area contributed by atoms with E-state index >= 15 is 0 Å². The van der Waals surface area contributed by atoms with E-state index in [4.69, 9.17) is 0 Å². The Morgan fingerprint density at radius 1 is 1.28 bits per heavy atom. The molecule has 1 heterocycles. The number of carbonyl (C=O) groups is 1. The van der Waals surface area contributed by atoms with Crippen LogP contribution in [-0.2, 0) is 0 Å². The van der Waals surface area contributed by atoms with Crippen LogP contribution in [0.15, 0.2) is 48.7 Å². The van der Waals surface area contributed by atoms with E-state index in [9.17, 15) is 9.18 Å². The highest BCUT2D eigenvalue weighted by Crippen LogP contribution is 2.12. The topological polar surface area (TPSA) is 42.0 Å². The molecule has 1 amide bonds. The highest BCUT2D eigenvalue weighted by Gasteiger charge is 2.11. The van der Waals surface area contributed by atoms with Crippen molar-refractivity contribution >= 4 is 5.91 Å². The van der Waals surface area contributed by atoms with E-state index in [0.29, 0.717) is 0 Å². The molecule has 3 nitrogen and oxygen atoms in total. The summed E-state index contributed by atoms with van der Waals surface area (Å²) in [7, 11) is 0. The third-order valence-corrected chi connectivity index (χ3v) is 2.64. The monoisotopic (exact) mass is 244 g/mol. The summed E-state index contributed by atoms with van der Waals surface area (Å²) in [5, 5.41) is 2.81. The molecule has 0 saturated carbocycles. The molecule has 18 heavy (non-hydrogen) atoms. The van der Waals surface area contributed by atoms with Crippen LogP contribution >= 0.6 is 0 Å². The average molecular weight is 244 g/mol. The molecule has 0 aliphatic carbocycles. The van der Waals surface area contributed by atoms with Gasteiger partial charge in [-0.05, 0) is 18.6 Å². The minimum atomic E-state index is -0.657. The third-order valence-electron chi connectivity index (χ3n) is 2.64. The van der Waals surface area contributed by atoms with Gasteiger partial charge < -0.3 is 5.32 Å². The smallest absolute Gasteiger partial charge is 0.251 e. The van der Waals surface area contributed by atoms with Crippen LogP contribution in [-0.4, -0.2) is 10.9 Å². The predicted molar refractivity (Wildman–Crippen MR) is 66.5 cm³/mol. The third kappa shape index (κ3) is 2.91. The first-order valence-electron chi connectivity index (χ1n) is 5.64. The predicted octanol–water partition coefficient (Wildman–Crippen LogP) is 2.71. The van der Waals surface area contributed by atoms with Crippen LogP contribution in [0.2, 0.25) is 0 Å². The van der Waals surface area contributed by atoms with E-state index in [1.807, 2.05) is 37.3 Å². The van der Waals surface area contributed by atoms with Gasteiger partial charge in [-0.2, -0.15) is 4.39 Å². The molecule has 0 bridgehead atoms. The number of nitrogens with one attached hydrogen (secondary N) is 1. The minimum Gasteiger partial charge on any atom is -0.346 e. The fourth-order valence-electron chi connectivity index (χ4n) is 1.65. The van der Waals surface area contributed by atoms with Crippen molar-refractivity contribution in [1.82, 2.24) is 10.3 Å². The standard InChI is InChI=1S/C14H13FN2O/c1-10(11-5-3-2-4-6-11)17-14(18)12-7-8-16-13(15)9-12/h2-10H,1H3,(H,17,18)/t10-/m0/s1. The maximum Gasteiger partial charge on any atom is 0.251 e. The second-order valence-corrected chi connectivity index (χ2v) is 3.97. The van der Waals surface area contributed by atoms with Crippen LogP contribution in [0.3, 0.4) is 0 Å². The van der Waals surface area contributed by atoms with Crippen molar-refractivity contribution in [1.29, 1.82) is 0 Å². The number of hydrogen-bond acceptors (Lipinski definition) is 2. The van der Waals surface area contributed by atoms with Crippen LogP contribution in [0.4, 0.5) is 4.39 Å². The van der Waals surface area contributed by atoms with Crippen molar-refractivity contribution in [3.05, 3.63) is 65.7 Å². The van der Waals surface area contributed by atoms with Gasteiger partial charge in [-0.25, -0.2) is 4.98 Å². The van der Waals surface area contributed by atoms with Gasteiger partial charge in [0.1, 0.15) is 0 Å². The minimum absolute atomic E-state index is 0.130. The molecule has 0 aliphatic heterocycles. The van der Waals surface area contributed by atoms with E-state index in [1.54, 1.807) is 0 Å². The first kappa shape index (κ1) is 12.2. The van der Waals surface area contributed by atoms with Gasteiger partial charge in [0.05, 0.1) is 6.04 Å². The largest absolute Gasteiger partial charge is 0.346 e. The van der Waals surface area contributed by atoms with Crippen LogP contribution in [0.1, 0.15) is 28.9 Å². The zero-order chi connectivity index (χ0) is 13.0. The van der Waals surface area contributed by atoms with Crippen molar-refractivity contribution in [2.24, 2.45) is 0 Å². The Morgan fingerprint density at radius 2 is 2.00 bits per heavy atom. The molecule has 0 spiro atoms. The lowest BCUT2D eigenvalue weighted by Crippen LogP contribution is -2.26. The number of nitrogens with zero attached hydrogens (tertiary/aromatic N) is 1. The molecule has 2 aromatic rings. The lowest BCUT2D eigenvalue weighted by atomic mass is 10.1. The first-order valence-corrected chi connectivity index (χ1v) is 5.64. The number of aromatic nitrogens is 1. The molecular weight excluding hydrogens is 231 g/mol. The summed E-state index contributed by atoms with van der Waals surface area (Å²) >= 11 is 0. The molecule has 1 atom stereocenters. The van der Waals surface area contributed by atoms with Gasteiger partial charge in [0.2, 0.25) is 5.95 Å². The second-order valence-electron chi connectivity index (χ2n) is 3.97. The summed E-state index contributed by atoms with van der Waals surface area (Å²) in [4.78, 5) is 15.3. The number of pyridine rings is 1. The molecule has 0 saturated heterocycles. The summed E-state index contributed by atoms with van der Waals surface area (Å²) in [6, 6.07) is 12.1. The number of carbonyl (C=O) groups excluding carboxylic acids is 1. The maximum atomic E-state index is 12.9. The Balaban J connectivity index is 2.08. The molecular formula is C14H13FN2O. The Morgan fingerprint density at radius 3 is 2.67 bits per heavy atom. The van der Waals surface area contributed by atoms with Crippen molar-refractivity contribution in [2.45, 2.75) is 13.0 Å². The average Bonchev–Trinajstić information content (AvgIpc) is 2.39. The summed E-state index contributed by atoms with van der Waals surface area (Å²) < 4.78 is 12.9. The van der Waals surface area contributed by atoms with Crippen LogP contribution in [0.25, 0.3) is 0 Å². The van der Waals surface area contributed by atoms with E-state index in [-0.39, 0.29) is 17.5 Å².